The summed E-state index contributed by atoms with van der Waals surface area (Å²) in [6.45, 7) is 3.97. The molecule has 0 saturated heterocycles. The predicted octanol–water partition coefficient (Wildman–Crippen LogP) is 3.27. The van der Waals surface area contributed by atoms with Gasteiger partial charge in [0, 0.05) is 23.9 Å². The predicted molar refractivity (Wildman–Crippen MR) is 79.2 cm³/mol. The molecular weight excluding hydrogens is 269 g/mol. The fourth-order valence-electron chi connectivity index (χ4n) is 2.16. The number of fused-ring (bicyclic) bond motifs is 1. The lowest BCUT2D eigenvalue weighted by Crippen LogP contribution is -2.03. The molecule has 1 N–H and O–H groups in total. The van der Waals surface area contributed by atoms with Crippen LogP contribution in [-0.2, 0) is 6.42 Å². The van der Waals surface area contributed by atoms with Crippen molar-refractivity contribution in [1.82, 2.24) is 19.6 Å². The van der Waals surface area contributed by atoms with Crippen molar-refractivity contribution in [3.8, 4) is 0 Å². The van der Waals surface area contributed by atoms with Crippen molar-refractivity contribution >= 4 is 17.3 Å². The Morgan fingerprint density at radius 3 is 2.86 bits per heavy atom. The minimum absolute atomic E-state index is 0.285. The second kappa shape index (κ2) is 5.47. The maximum atomic E-state index is 13.3. The third kappa shape index (κ3) is 2.84. The number of hydrogen-bond donors (Lipinski definition) is 1. The molecule has 0 atom stereocenters. The number of nitrogens with one attached hydrogen (secondary N) is 1. The van der Waals surface area contributed by atoms with Gasteiger partial charge in [-0.25, -0.2) is 9.37 Å². The SMILES string of the molecule is CCCc1nc2nc(C)cc(Nc3cccc(F)c3)n2n1. The molecule has 108 valence electrons. The number of halogens is 1. The van der Waals surface area contributed by atoms with Gasteiger partial charge in [0.15, 0.2) is 5.82 Å². The number of nitrogens with zero attached hydrogens (tertiary/aromatic N) is 4. The summed E-state index contributed by atoms with van der Waals surface area (Å²) >= 11 is 0. The molecule has 0 aliphatic heterocycles. The van der Waals surface area contributed by atoms with Gasteiger partial charge in [-0.3, -0.25) is 0 Å². The van der Waals surface area contributed by atoms with Crippen LogP contribution in [0.2, 0.25) is 0 Å². The van der Waals surface area contributed by atoms with E-state index in [1.807, 2.05) is 13.0 Å². The van der Waals surface area contributed by atoms with Gasteiger partial charge < -0.3 is 5.32 Å². The largest absolute Gasteiger partial charge is 0.340 e. The van der Waals surface area contributed by atoms with E-state index in [4.69, 9.17) is 0 Å². The van der Waals surface area contributed by atoms with E-state index in [1.165, 1.54) is 12.1 Å². The summed E-state index contributed by atoms with van der Waals surface area (Å²) in [5.41, 5.74) is 1.49. The van der Waals surface area contributed by atoms with Gasteiger partial charge in [0.25, 0.3) is 5.78 Å². The number of benzene rings is 1. The van der Waals surface area contributed by atoms with Crippen molar-refractivity contribution in [2.75, 3.05) is 5.32 Å². The Balaban J connectivity index is 2.04. The average molecular weight is 285 g/mol. The maximum Gasteiger partial charge on any atom is 0.254 e. The topological polar surface area (TPSA) is 55.1 Å². The summed E-state index contributed by atoms with van der Waals surface area (Å²) < 4.78 is 14.9. The Bertz CT molecular complexity index is 781. The third-order valence-corrected chi connectivity index (χ3v) is 3.05. The fourth-order valence-corrected chi connectivity index (χ4v) is 2.16. The molecule has 0 amide bonds. The molecule has 0 aliphatic carbocycles. The second-order valence-electron chi connectivity index (χ2n) is 4.91. The Morgan fingerprint density at radius 2 is 2.10 bits per heavy atom. The fraction of sp³-hybridized carbons (Fsp3) is 0.267. The maximum absolute atomic E-state index is 13.3. The normalized spacial score (nSPS) is 11.0. The first-order chi connectivity index (χ1) is 10.2. The molecule has 21 heavy (non-hydrogen) atoms. The monoisotopic (exact) mass is 285 g/mol. The van der Waals surface area contributed by atoms with Crippen LogP contribution < -0.4 is 5.32 Å². The van der Waals surface area contributed by atoms with Crippen LogP contribution in [0.3, 0.4) is 0 Å². The van der Waals surface area contributed by atoms with E-state index < -0.39 is 0 Å². The molecule has 0 fully saturated rings. The minimum atomic E-state index is -0.285. The number of aryl methyl sites for hydroxylation is 2. The van der Waals surface area contributed by atoms with Crippen LogP contribution in [0.1, 0.15) is 24.9 Å². The summed E-state index contributed by atoms with van der Waals surface area (Å²) in [5.74, 6) is 1.75. The summed E-state index contributed by atoms with van der Waals surface area (Å²) in [6.07, 6.45) is 1.78. The highest BCUT2D eigenvalue weighted by molar-refractivity contribution is 5.58. The number of rotatable bonds is 4. The van der Waals surface area contributed by atoms with Crippen molar-refractivity contribution in [2.24, 2.45) is 0 Å². The second-order valence-corrected chi connectivity index (χ2v) is 4.91. The average Bonchev–Trinajstić information content (AvgIpc) is 2.81. The third-order valence-electron chi connectivity index (χ3n) is 3.05. The summed E-state index contributed by atoms with van der Waals surface area (Å²) in [5, 5.41) is 7.61. The lowest BCUT2D eigenvalue weighted by atomic mass is 10.3. The Hall–Kier alpha value is -2.50. The molecule has 3 aromatic rings. The first kappa shape index (κ1) is 13.5. The Labute approximate surface area is 121 Å². The van der Waals surface area contributed by atoms with Crippen molar-refractivity contribution < 1.29 is 4.39 Å². The molecule has 2 aromatic heterocycles. The molecule has 0 spiro atoms. The zero-order chi connectivity index (χ0) is 14.8. The van der Waals surface area contributed by atoms with Crippen LogP contribution in [0.25, 0.3) is 5.78 Å². The molecular formula is C15H16FN5. The van der Waals surface area contributed by atoms with Gasteiger partial charge in [0.2, 0.25) is 0 Å². The summed E-state index contributed by atoms with van der Waals surface area (Å²) in [6, 6.07) is 8.17. The van der Waals surface area contributed by atoms with Crippen LogP contribution in [-0.4, -0.2) is 19.6 Å². The van der Waals surface area contributed by atoms with Gasteiger partial charge in [0.1, 0.15) is 11.6 Å². The van der Waals surface area contributed by atoms with E-state index in [2.05, 4.69) is 27.3 Å². The van der Waals surface area contributed by atoms with E-state index >= 15 is 0 Å². The molecule has 5 nitrogen and oxygen atoms in total. The van der Waals surface area contributed by atoms with Crippen molar-refractivity contribution in [2.45, 2.75) is 26.7 Å². The lowest BCUT2D eigenvalue weighted by Gasteiger charge is -2.08. The van der Waals surface area contributed by atoms with Gasteiger partial charge in [-0.15, -0.1) is 5.10 Å². The first-order valence-corrected chi connectivity index (χ1v) is 6.91. The number of anilines is 2. The number of hydrogen-bond acceptors (Lipinski definition) is 4. The van der Waals surface area contributed by atoms with Crippen LogP contribution in [0.15, 0.2) is 30.3 Å². The van der Waals surface area contributed by atoms with Gasteiger partial charge in [-0.2, -0.15) is 9.50 Å². The standard InChI is InChI=1S/C15H16FN5/c1-3-5-13-19-15-17-10(2)8-14(21(15)20-13)18-12-7-4-6-11(16)9-12/h4,6-9,18H,3,5H2,1-2H3. The van der Waals surface area contributed by atoms with E-state index in [-0.39, 0.29) is 5.82 Å². The van der Waals surface area contributed by atoms with Gasteiger partial charge >= 0.3 is 0 Å². The zero-order valence-corrected chi connectivity index (χ0v) is 12.0. The van der Waals surface area contributed by atoms with Crippen molar-refractivity contribution in [3.05, 3.63) is 47.7 Å². The Morgan fingerprint density at radius 1 is 1.24 bits per heavy atom. The highest BCUT2D eigenvalue weighted by Crippen LogP contribution is 2.18. The molecule has 0 saturated carbocycles. The minimum Gasteiger partial charge on any atom is -0.340 e. The zero-order valence-electron chi connectivity index (χ0n) is 12.0. The molecule has 0 radical (unpaired) electrons. The molecule has 0 bridgehead atoms. The van der Waals surface area contributed by atoms with Crippen LogP contribution in [0.5, 0.6) is 0 Å². The van der Waals surface area contributed by atoms with Gasteiger partial charge in [-0.1, -0.05) is 13.0 Å². The first-order valence-electron chi connectivity index (χ1n) is 6.91. The number of aromatic nitrogens is 4. The van der Waals surface area contributed by atoms with E-state index in [0.717, 1.165) is 30.2 Å². The molecule has 0 unspecified atom stereocenters. The van der Waals surface area contributed by atoms with Crippen LogP contribution in [0, 0.1) is 12.7 Å². The van der Waals surface area contributed by atoms with Crippen LogP contribution in [0.4, 0.5) is 15.9 Å². The highest BCUT2D eigenvalue weighted by atomic mass is 19.1. The highest BCUT2D eigenvalue weighted by Gasteiger charge is 2.10. The van der Waals surface area contributed by atoms with E-state index in [1.54, 1.807) is 16.6 Å². The van der Waals surface area contributed by atoms with Crippen molar-refractivity contribution in [3.63, 3.8) is 0 Å². The van der Waals surface area contributed by atoms with Crippen molar-refractivity contribution in [1.29, 1.82) is 0 Å². The molecule has 0 aliphatic rings. The lowest BCUT2D eigenvalue weighted by molar-refractivity contribution is 0.628. The van der Waals surface area contributed by atoms with E-state index in [0.29, 0.717) is 11.5 Å². The van der Waals surface area contributed by atoms with Gasteiger partial charge in [0.05, 0.1) is 0 Å². The molecule has 1 aromatic carbocycles. The molecule has 6 heteroatoms. The van der Waals surface area contributed by atoms with Crippen LogP contribution >= 0.6 is 0 Å². The molecule has 3 rings (SSSR count). The van der Waals surface area contributed by atoms with Gasteiger partial charge in [-0.05, 0) is 31.5 Å². The quantitative estimate of drug-likeness (QED) is 0.799. The van der Waals surface area contributed by atoms with E-state index in [9.17, 15) is 4.39 Å². The molecule has 2 heterocycles. The summed E-state index contributed by atoms with van der Waals surface area (Å²) in [7, 11) is 0. The Kier molecular flexibility index (Phi) is 3.51. The smallest absolute Gasteiger partial charge is 0.254 e. The summed E-state index contributed by atoms with van der Waals surface area (Å²) in [4.78, 5) is 8.78.